The van der Waals surface area contributed by atoms with Gasteiger partial charge in [0.1, 0.15) is 11.5 Å². The molecule has 0 fully saturated rings. The fourth-order valence-corrected chi connectivity index (χ4v) is 2.26. The number of carbonyl (C=O) groups excluding carboxylic acids is 2. The Kier molecular flexibility index (Phi) is 4.26. The minimum Gasteiger partial charge on any atom is -0.364 e. The molecule has 3 rings (SSSR count). The van der Waals surface area contributed by atoms with Crippen LogP contribution >= 0.6 is 11.6 Å². The van der Waals surface area contributed by atoms with E-state index in [0.717, 1.165) is 0 Å². The Balaban J connectivity index is 1.96. The number of nitrogens with two attached hydrogens (primary N) is 1. The summed E-state index contributed by atoms with van der Waals surface area (Å²) in [5.41, 5.74) is 6.11. The van der Waals surface area contributed by atoms with Crippen molar-refractivity contribution in [3.8, 4) is 5.69 Å². The van der Waals surface area contributed by atoms with E-state index in [1.165, 1.54) is 17.1 Å². The van der Waals surface area contributed by atoms with Crippen molar-refractivity contribution in [3.63, 3.8) is 0 Å². The number of nitrogens with zero attached hydrogens (tertiary/aromatic N) is 3. The van der Waals surface area contributed by atoms with Gasteiger partial charge in [-0.3, -0.25) is 9.59 Å². The van der Waals surface area contributed by atoms with Crippen LogP contribution in [0.1, 0.15) is 20.8 Å². The van der Waals surface area contributed by atoms with Gasteiger partial charge in [-0.05, 0) is 24.3 Å². The molecule has 0 atom stereocenters. The number of hydrogen-bond donors (Lipinski definition) is 2. The first-order chi connectivity index (χ1) is 11.6. The maximum Gasteiger partial charge on any atom is 0.268 e. The third-order valence-electron chi connectivity index (χ3n) is 3.22. The molecular formula is C16H12ClN5O2. The topological polar surface area (TPSA) is 103 Å². The van der Waals surface area contributed by atoms with Crippen LogP contribution in [-0.4, -0.2) is 26.6 Å². The number of hydrogen-bond acceptors (Lipinski definition) is 4. The summed E-state index contributed by atoms with van der Waals surface area (Å²) in [4.78, 5) is 28.2. The third-order valence-corrected chi connectivity index (χ3v) is 3.44. The first-order valence-corrected chi connectivity index (χ1v) is 7.30. The summed E-state index contributed by atoms with van der Waals surface area (Å²) in [7, 11) is 0. The lowest BCUT2D eigenvalue weighted by Crippen LogP contribution is -2.22. The van der Waals surface area contributed by atoms with Crippen LogP contribution in [0.15, 0.2) is 54.9 Å². The summed E-state index contributed by atoms with van der Waals surface area (Å²) in [6.07, 6.45) is 2.69. The van der Waals surface area contributed by atoms with Gasteiger partial charge in [-0.1, -0.05) is 29.8 Å². The zero-order valence-electron chi connectivity index (χ0n) is 12.3. The molecule has 1 aromatic carbocycles. The second kappa shape index (κ2) is 6.51. The van der Waals surface area contributed by atoms with E-state index >= 15 is 0 Å². The molecule has 0 radical (unpaired) electrons. The standard InChI is InChI=1S/C16H12ClN5O2/c17-10-6-7-13(19-8-10)21-16(24)12-9-20-22(14(12)15(18)23)11-4-2-1-3-5-11/h1-9H,(H2,18,23)(H,19,21,24). The van der Waals surface area contributed by atoms with Gasteiger partial charge in [0, 0.05) is 6.20 Å². The highest BCUT2D eigenvalue weighted by atomic mass is 35.5. The zero-order chi connectivity index (χ0) is 17.1. The van der Waals surface area contributed by atoms with Crippen LogP contribution < -0.4 is 11.1 Å². The molecule has 2 amide bonds. The highest BCUT2D eigenvalue weighted by Gasteiger charge is 2.22. The molecule has 0 aliphatic carbocycles. The fraction of sp³-hybridized carbons (Fsp3) is 0. The van der Waals surface area contributed by atoms with Crippen molar-refractivity contribution in [2.24, 2.45) is 5.73 Å². The SMILES string of the molecule is NC(=O)c1c(C(=O)Nc2ccc(Cl)cn2)cnn1-c1ccccc1. The molecule has 0 unspecified atom stereocenters. The third kappa shape index (κ3) is 3.11. The van der Waals surface area contributed by atoms with Crippen LogP contribution in [0, 0.1) is 0 Å². The Morgan fingerprint density at radius 3 is 2.46 bits per heavy atom. The van der Waals surface area contributed by atoms with E-state index in [-0.39, 0.29) is 11.3 Å². The van der Waals surface area contributed by atoms with Crippen molar-refractivity contribution >= 4 is 29.2 Å². The summed E-state index contributed by atoms with van der Waals surface area (Å²) < 4.78 is 1.33. The number of pyridine rings is 1. The molecular weight excluding hydrogens is 330 g/mol. The second-order valence-corrected chi connectivity index (χ2v) is 5.27. The fourth-order valence-electron chi connectivity index (χ4n) is 2.15. The lowest BCUT2D eigenvalue weighted by molar-refractivity contribution is 0.0971. The Morgan fingerprint density at radius 2 is 1.83 bits per heavy atom. The molecule has 0 aliphatic heterocycles. The van der Waals surface area contributed by atoms with Crippen molar-refractivity contribution < 1.29 is 9.59 Å². The predicted molar refractivity (Wildman–Crippen MR) is 89.3 cm³/mol. The van der Waals surface area contributed by atoms with Gasteiger partial charge < -0.3 is 11.1 Å². The lowest BCUT2D eigenvalue weighted by Gasteiger charge is -2.07. The molecule has 8 heteroatoms. The number of aromatic nitrogens is 3. The maximum absolute atomic E-state index is 12.4. The first kappa shape index (κ1) is 15.7. The van der Waals surface area contributed by atoms with Crippen LogP contribution in [0.3, 0.4) is 0 Å². The van der Waals surface area contributed by atoms with Crippen LogP contribution in [0.25, 0.3) is 5.69 Å². The Morgan fingerprint density at radius 1 is 1.08 bits per heavy atom. The molecule has 0 aliphatic rings. The first-order valence-electron chi connectivity index (χ1n) is 6.92. The van der Waals surface area contributed by atoms with E-state index in [2.05, 4.69) is 15.4 Å². The molecule has 0 saturated carbocycles. The number of carbonyl (C=O) groups is 2. The Hall–Kier alpha value is -3.19. The minimum atomic E-state index is -0.759. The minimum absolute atomic E-state index is 0.00679. The molecule has 0 bridgehead atoms. The number of anilines is 1. The van der Waals surface area contributed by atoms with Crippen molar-refractivity contribution in [3.05, 3.63) is 71.1 Å². The van der Waals surface area contributed by atoms with Gasteiger partial charge >= 0.3 is 0 Å². The van der Waals surface area contributed by atoms with Crippen LogP contribution in [-0.2, 0) is 0 Å². The quantitative estimate of drug-likeness (QED) is 0.759. The molecule has 2 aromatic heterocycles. The van der Waals surface area contributed by atoms with E-state index in [9.17, 15) is 9.59 Å². The number of nitrogens with one attached hydrogen (secondary N) is 1. The van der Waals surface area contributed by atoms with E-state index in [1.807, 2.05) is 6.07 Å². The summed E-state index contributed by atoms with van der Waals surface area (Å²) in [6, 6.07) is 12.1. The van der Waals surface area contributed by atoms with E-state index in [4.69, 9.17) is 17.3 Å². The highest BCUT2D eigenvalue weighted by molar-refractivity contribution is 6.30. The number of amides is 2. The van der Waals surface area contributed by atoms with Gasteiger partial charge in [0.15, 0.2) is 0 Å². The smallest absolute Gasteiger partial charge is 0.268 e. The van der Waals surface area contributed by atoms with Gasteiger partial charge in [0.05, 0.1) is 22.5 Å². The van der Waals surface area contributed by atoms with E-state index in [0.29, 0.717) is 16.5 Å². The molecule has 7 nitrogen and oxygen atoms in total. The monoisotopic (exact) mass is 341 g/mol. The zero-order valence-corrected chi connectivity index (χ0v) is 13.1. The normalized spacial score (nSPS) is 10.4. The highest BCUT2D eigenvalue weighted by Crippen LogP contribution is 2.17. The number of benzene rings is 1. The van der Waals surface area contributed by atoms with Gasteiger partial charge in [0.25, 0.3) is 11.8 Å². The van der Waals surface area contributed by atoms with Gasteiger partial charge in [-0.25, -0.2) is 9.67 Å². The lowest BCUT2D eigenvalue weighted by atomic mass is 10.2. The molecule has 120 valence electrons. The second-order valence-electron chi connectivity index (χ2n) is 4.83. The molecule has 24 heavy (non-hydrogen) atoms. The summed E-state index contributed by atoms with van der Waals surface area (Å²) >= 11 is 5.75. The number of rotatable bonds is 4. The number of para-hydroxylation sites is 1. The number of halogens is 1. The molecule has 3 aromatic rings. The molecule has 0 spiro atoms. The average molecular weight is 342 g/mol. The summed E-state index contributed by atoms with van der Waals surface area (Å²) in [5.74, 6) is -1.00. The largest absolute Gasteiger partial charge is 0.364 e. The van der Waals surface area contributed by atoms with Gasteiger partial charge in [0.2, 0.25) is 0 Å². The summed E-state index contributed by atoms with van der Waals surface area (Å²) in [6.45, 7) is 0. The molecule has 0 saturated heterocycles. The Bertz CT molecular complexity index is 891. The van der Waals surface area contributed by atoms with E-state index < -0.39 is 11.8 Å². The predicted octanol–water partition coefficient (Wildman–Crippen LogP) is 2.27. The van der Waals surface area contributed by atoms with Crippen LogP contribution in [0.5, 0.6) is 0 Å². The Labute approximate surface area is 142 Å². The van der Waals surface area contributed by atoms with Crippen molar-refractivity contribution in [2.75, 3.05) is 5.32 Å². The maximum atomic E-state index is 12.4. The van der Waals surface area contributed by atoms with E-state index in [1.54, 1.807) is 36.4 Å². The van der Waals surface area contributed by atoms with Gasteiger partial charge in [-0.15, -0.1) is 0 Å². The molecule has 3 N–H and O–H groups in total. The number of primary amides is 1. The van der Waals surface area contributed by atoms with Gasteiger partial charge in [-0.2, -0.15) is 5.10 Å². The van der Waals surface area contributed by atoms with Crippen molar-refractivity contribution in [2.45, 2.75) is 0 Å². The van der Waals surface area contributed by atoms with Crippen molar-refractivity contribution in [1.29, 1.82) is 0 Å². The summed E-state index contributed by atoms with van der Waals surface area (Å²) in [5, 5.41) is 7.12. The van der Waals surface area contributed by atoms with Crippen LogP contribution in [0.2, 0.25) is 5.02 Å². The average Bonchev–Trinajstić information content (AvgIpc) is 3.03. The molecule has 2 heterocycles. The van der Waals surface area contributed by atoms with Crippen molar-refractivity contribution in [1.82, 2.24) is 14.8 Å². The van der Waals surface area contributed by atoms with Crippen LogP contribution in [0.4, 0.5) is 5.82 Å².